The molecule has 1 heterocycles. The number of halogens is 3. The van der Waals surface area contributed by atoms with Crippen LogP contribution in [0.3, 0.4) is 0 Å². The Kier molecular flexibility index (Phi) is 5.33. The van der Waals surface area contributed by atoms with Crippen LogP contribution in [0.15, 0.2) is 52.3 Å². The summed E-state index contributed by atoms with van der Waals surface area (Å²) in [4.78, 5) is -0.682. The lowest BCUT2D eigenvalue weighted by Crippen LogP contribution is -2.42. The van der Waals surface area contributed by atoms with E-state index in [0.29, 0.717) is 6.07 Å². The fourth-order valence-corrected chi connectivity index (χ4v) is 6.27. The van der Waals surface area contributed by atoms with E-state index in [1.54, 1.807) is 0 Å². The Labute approximate surface area is 155 Å². The fraction of sp³-hybridized carbons (Fsp3) is 0.294. The number of hydrogen-bond acceptors (Lipinski definition) is 4. The van der Waals surface area contributed by atoms with Gasteiger partial charge in [0.2, 0.25) is 10.0 Å². The molecule has 0 aromatic heterocycles. The molecule has 0 saturated carbocycles. The maximum Gasteiger partial charge on any atom is 0.245 e. The van der Waals surface area contributed by atoms with Gasteiger partial charge in [-0.3, -0.25) is 0 Å². The second-order valence-electron chi connectivity index (χ2n) is 6.18. The first-order valence-corrected chi connectivity index (χ1v) is 11.1. The molecule has 0 atom stereocenters. The summed E-state index contributed by atoms with van der Waals surface area (Å²) in [6.45, 7) is -0.242. The molecule has 1 aliphatic rings. The van der Waals surface area contributed by atoms with Crippen molar-refractivity contribution in [1.82, 2.24) is 4.31 Å². The smallest absolute Gasteiger partial charge is 0.223 e. The molecule has 1 fully saturated rings. The summed E-state index contributed by atoms with van der Waals surface area (Å²) < 4.78 is 91.2. The molecule has 5 nitrogen and oxygen atoms in total. The highest BCUT2D eigenvalue weighted by Crippen LogP contribution is 2.28. The van der Waals surface area contributed by atoms with E-state index in [0.717, 1.165) is 28.6 Å². The van der Waals surface area contributed by atoms with E-state index in [-0.39, 0.29) is 30.8 Å². The van der Waals surface area contributed by atoms with Crippen molar-refractivity contribution in [3.8, 4) is 0 Å². The molecule has 0 radical (unpaired) electrons. The van der Waals surface area contributed by atoms with Crippen molar-refractivity contribution in [2.24, 2.45) is 0 Å². The van der Waals surface area contributed by atoms with Crippen LogP contribution in [0.2, 0.25) is 0 Å². The molecule has 0 unspecified atom stereocenters. The molecule has 0 spiro atoms. The highest BCUT2D eigenvalue weighted by atomic mass is 32.2. The quantitative estimate of drug-likeness (QED) is 0.715. The van der Waals surface area contributed by atoms with Crippen molar-refractivity contribution in [3.63, 3.8) is 0 Å². The summed E-state index contributed by atoms with van der Waals surface area (Å²) in [6, 6.07) is 6.61. The molecule has 0 N–H and O–H groups in total. The fourth-order valence-electron chi connectivity index (χ4n) is 3.02. The third-order valence-corrected chi connectivity index (χ3v) is 8.70. The zero-order chi connectivity index (χ0) is 19.8. The maximum absolute atomic E-state index is 13.8. The van der Waals surface area contributed by atoms with Gasteiger partial charge in [-0.15, -0.1) is 0 Å². The number of hydrogen-bond donors (Lipinski definition) is 0. The minimum Gasteiger partial charge on any atom is -0.223 e. The normalized spacial score (nSPS) is 17.1. The standard InChI is InChI=1S/C17H16F3NO4S2/c18-12-1-4-14(5-2-12)26(22,23)15-7-9-21(10-8-15)27(24,25)17-6-3-13(19)11-16(17)20/h1-6,11,15H,7-10H2. The van der Waals surface area contributed by atoms with Crippen LogP contribution in [0.25, 0.3) is 0 Å². The zero-order valence-electron chi connectivity index (χ0n) is 14.0. The molecule has 1 aliphatic heterocycles. The summed E-state index contributed by atoms with van der Waals surface area (Å²) in [5.74, 6) is -2.65. The first-order valence-electron chi connectivity index (χ1n) is 8.07. The van der Waals surface area contributed by atoms with Crippen LogP contribution in [-0.2, 0) is 19.9 Å². The number of benzene rings is 2. The van der Waals surface area contributed by atoms with Crippen LogP contribution in [0.5, 0.6) is 0 Å². The Hall–Kier alpha value is -1.91. The lowest BCUT2D eigenvalue weighted by Gasteiger charge is -2.31. The highest BCUT2D eigenvalue weighted by Gasteiger charge is 2.36. The van der Waals surface area contributed by atoms with Gasteiger partial charge >= 0.3 is 0 Å². The third-order valence-electron chi connectivity index (χ3n) is 4.49. The monoisotopic (exact) mass is 419 g/mol. The molecule has 146 valence electrons. The second kappa shape index (κ2) is 7.25. The minimum atomic E-state index is -4.20. The molecule has 2 aromatic carbocycles. The average Bonchev–Trinajstić information content (AvgIpc) is 2.62. The van der Waals surface area contributed by atoms with Gasteiger partial charge in [0, 0.05) is 19.2 Å². The first kappa shape index (κ1) is 19.8. The number of piperidine rings is 1. The second-order valence-corrected chi connectivity index (χ2v) is 10.3. The Bertz CT molecular complexity index is 1050. The summed E-state index contributed by atoms with van der Waals surface area (Å²) in [6.07, 6.45) is 0.0313. The van der Waals surface area contributed by atoms with Crippen LogP contribution >= 0.6 is 0 Å². The van der Waals surface area contributed by atoms with Crippen molar-refractivity contribution < 1.29 is 30.0 Å². The maximum atomic E-state index is 13.8. The predicted molar refractivity (Wildman–Crippen MR) is 91.7 cm³/mol. The molecule has 0 aliphatic carbocycles. The van der Waals surface area contributed by atoms with Crippen molar-refractivity contribution in [2.45, 2.75) is 27.9 Å². The largest absolute Gasteiger partial charge is 0.245 e. The van der Waals surface area contributed by atoms with Gasteiger partial charge in [0.25, 0.3) is 0 Å². The number of nitrogens with zero attached hydrogens (tertiary/aromatic N) is 1. The van der Waals surface area contributed by atoms with Crippen molar-refractivity contribution in [3.05, 3.63) is 59.9 Å². The van der Waals surface area contributed by atoms with Gasteiger partial charge in [-0.05, 0) is 49.2 Å². The van der Waals surface area contributed by atoms with Crippen LogP contribution < -0.4 is 0 Å². The Morgan fingerprint density at radius 1 is 0.815 bits per heavy atom. The Morgan fingerprint density at radius 2 is 1.37 bits per heavy atom. The van der Waals surface area contributed by atoms with Gasteiger partial charge in [0.1, 0.15) is 22.3 Å². The SMILES string of the molecule is O=S(=O)(c1ccc(F)cc1)C1CCN(S(=O)(=O)c2ccc(F)cc2F)CC1. The summed E-state index contributed by atoms with van der Waals surface area (Å²) in [7, 11) is -7.94. The zero-order valence-corrected chi connectivity index (χ0v) is 15.6. The Balaban J connectivity index is 1.77. The van der Waals surface area contributed by atoms with Gasteiger partial charge in [-0.2, -0.15) is 4.31 Å². The molecule has 10 heteroatoms. The van der Waals surface area contributed by atoms with Gasteiger partial charge in [0.15, 0.2) is 9.84 Å². The molecule has 3 rings (SSSR count). The van der Waals surface area contributed by atoms with Crippen LogP contribution in [0.1, 0.15) is 12.8 Å². The van der Waals surface area contributed by atoms with Gasteiger partial charge in [-0.25, -0.2) is 30.0 Å². The molecule has 0 amide bonds. The number of sulfonamides is 1. The van der Waals surface area contributed by atoms with E-state index in [2.05, 4.69) is 0 Å². The van der Waals surface area contributed by atoms with E-state index in [1.165, 1.54) is 12.1 Å². The molecule has 27 heavy (non-hydrogen) atoms. The van der Waals surface area contributed by atoms with Crippen molar-refractivity contribution in [1.29, 1.82) is 0 Å². The summed E-state index contributed by atoms with van der Waals surface area (Å²) >= 11 is 0. The molecular formula is C17H16F3NO4S2. The number of sulfone groups is 1. The average molecular weight is 419 g/mol. The molecule has 1 saturated heterocycles. The van der Waals surface area contributed by atoms with Crippen LogP contribution in [0.4, 0.5) is 13.2 Å². The Morgan fingerprint density at radius 3 is 1.93 bits per heavy atom. The van der Waals surface area contributed by atoms with Gasteiger partial charge in [0.05, 0.1) is 10.1 Å². The van der Waals surface area contributed by atoms with E-state index in [1.807, 2.05) is 0 Å². The van der Waals surface area contributed by atoms with Crippen molar-refractivity contribution in [2.75, 3.05) is 13.1 Å². The molecular weight excluding hydrogens is 403 g/mol. The summed E-state index contributed by atoms with van der Waals surface area (Å²) in [5.41, 5.74) is 0. The third kappa shape index (κ3) is 3.87. The van der Waals surface area contributed by atoms with E-state index in [4.69, 9.17) is 0 Å². The van der Waals surface area contributed by atoms with E-state index >= 15 is 0 Å². The summed E-state index contributed by atoms with van der Waals surface area (Å²) in [5, 5.41) is -0.826. The molecule has 0 bridgehead atoms. The first-order chi connectivity index (χ1) is 12.6. The van der Waals surface area contributed by atoms with Crippen molar-refractivity contribution >= 4 is 19.9 Å². The van der Waals surface area contributed by atoms with Gasteiger partial charge in [-0.1, -0.05) is 0 Å². The van der Waals surface area contributed by atoms with E-state index in [9.17, 15) is 30.0 Å². The van der Waals surface area contributed by atoms with E-state index < -0.39 is 47.5 Å². The molecule has 2 aromatic rings. The van der Waals surface area contributed by atoms with Crippen LogP contribution in [-0.4, -0.2) is 39.5 Å². The lowest BCUT2D eigenvalue weighted by molar-refractivity contribution is 0.344. The topological polar surface area (TPSA) is 71.5 Å². The lowest BCUT2D eigenvalue weighted by atomic mass is 10.2. The number of rotatable bonds is 4. The predicted octanol–water partition coefficient (Wildman–Crippen LogP) is 2.73. The minimum absolute atomic E-state index is 0.0156. The highest BCUT2D eigenvalue weighted by molar-refractivity contribution is 7.92. The van der Waals surface area contributed by atoms with Gasteiger partial charge < -0.3 is 0 Å². The van der Waals surface area contributed by atoms with Crippen LogP contribution in [0, 0.1) is 17.5 Å².